The number of anilines is 1. The lowest BCUT2D eigenvalue weighted by Crippen LogP contribution is -2.30. The molecule has 2 amide bonds. The van der Waals surface area contributed by atoms with Crippen LogP contribution in [-0.4, -0.2) is 24.3 Å². The second kappa shape index (κ2) is 8.29. The van der Waals surface area contributed by atoms with Gasteiger partial charge in [0, 0.05) is 12.2 Å². The van der Waals surface area contributed by atoms with Gasteiger partial charge in [-0.05, 0) is 49.2 Å². The van der Waals surface area contributed by atoms with Crippen molar-refractivity contribution < 1.29 is 14.6 Å². The fourth-order valence-electron chi connectivity index (χ4n) is 1.97. The third kappa shape index (κ3) is 5.38. The van der Waals surface area contributed by atoms with Crippen LogP contribution in [0.25, 0.3) is 0 Å². The number of urea groups is 1. The molecule has 0 aliphatic heterocycles. The molecule has 0 aliphatic rings. The van der Waals surface area contributed by atoms with Crippen LogP contribution in [0.15, 0.2) is 42.5 Å². The number of aromatic hydroxyl groups is 1. The van der Waals surface area contributed by atoms with E-state index >= 15 is 0 Å². The predicted octanol–water partition coefficient (Wildman–Crippen LogP) is 3.94. The van der Waals surface area contributed by atoms with Gasteiger partial charge in [0.2, 0.25) is 0 Å². The molecule has 0 saturated carbocycles. The number of hydrogen-bond acceptors (Lipinski definition) is 3. The number of aryl methyl sites for hydroxylation is 1. The monoisotopic (exact) mass is 334 g/mol. The molecule has 0 fully saturated rings. The van der Waals surface area contributed by atoms with Gasteiger partial charge in [0.05, 0.1) is 11.6 Å². The molecule has 2 aromatic carbocycles. The summed E-state index contributed by atoms with van der Waals surface area (Å²) in [5.74, 6) is 0.809. The first-order valence-corrected chi connectivity index (χ1v) is 7.66. The van der Waals surface area contributed by atoms with E-state index in [1.165, 1.54) is 6.07 Å². The summed E-state index contributed by atoms with van der Waals surface area (Å²) in [4.78, 5) is 11.8. The van der Waals surface area contributed by atoms with Gasteiger partial charge in [-0.3, -0.25) is 0 Å². The van der Waals surface area contributed by atoms with E-state index in [0.717, 1.165) is 5.56 Å². The van der Waals surface area contributed by atoms with E-state index in [1.807, 2.05) is 19.1 Å². The van der Waals surface area contributed by atoms with E-state index in [2.05, 4.69) is 10.6 Å². The molecular formula is C17H19ClN2O3. The van der Waals surface area contributed by atoms with Crippen LogP contribution < -0.4 is 15.4 Å². The number of benzene rings is 2. The lowest BCUT2D eigenvalue weighted by molar-refractivity contribution is 0.250. The lowest BCUT2D eigenvalue weighted by Gasteiger charge is -2.11. The molecule has 0 saturated heterocycles. The maximum Gasteiger partial charge on any atom is 0.319 e. The summed E-state index contributed by atoms with van der Waals surface area (Å²) < 4.78 is 5.54. The van der Waals surface area contributed by atoms with Gasteiger partial charge in [0.25, 0.3) is 0 Å². The number of nitrogens with one attached hydrogen (secondary N) is 2. The molecule has 2 rings (SSSR count). The standard InChI is InChI=1S/C17H19ClN2O3/c1-12-11-13(21)7-8-15(12)20-17(22)19-9-4-10-23-16-6-3-2-5-14(16)18/h2-3,5-8,11,21H,4,9-10H2,1H3,(H2,19,20,22). The number of amides is 2. The van der Waals surface area contributed by atoms with Gasteiger partial charge < -0.3 is 20.5 Å². The molecule has 0 heterocycles. The zero-order chi connectivity index (χ0) is 16.7. The molecule has 23 heavy (non-hydrogen) atoms. The average Bonchev–Trinajstić information content (AvgIpc) is 2.51. The van der Waals surface area contributed by atoms with Crippen molar-refractivity contribution in [1.29, 1.82) is 0 Å². The van der Waals surface area contributed by atoms with Crippen LogP contribution in [0.4, 0.5) is 10.5 Å². The number of phenolic OH excluding ortho intramolecular Hbond substituents is 1. The number of hydrogen-bond donors (Lipinski definition) is 3. The molecular weight excluding hydrogens is 316 g/mol. The van der Waals surface area contributed by atoms with Gasteiger partial charge in [-0.15, -0.1) is 0 Å². The van der Waals surface area contributed by atoms with Crippen molar-refractivity contribution >= 4 is 23.3 Å². The van der Waals surface area contributed by atoms with E-state index in [4.69, 9.17) is 16.3 Å². The quantitative estimate of drug-likeness (QED) is 0.553. The maximum absolute atomic E-state index is 11.8. The van der Waals surface area contributed by atoms with Gasteiger partial charge in [0.15, 0.2) is 0 Å². The second-order valence-electron chi connectivity index (χ2n) is 5.01. The number of para-hydroxylation sites is 1. The number of rotatable bonds is 6. The Morgan fingerprint density at radius 1 is 1.26 bits per heavy atom. The Hall–Kier alpha value is -2.40. The zero-order valence-electron chi connectivity index (χ0n) is 12.8. The van der Waals surface area contributed by atoms with E-state index < -0.39 is 0 Å². The molecule has 0 aliphatic carbocycles. The minimum Gasteiger partial charge on any atom is -0.508 e. The van der Waals surface area contributed by atoms with Crippen LogP contribution >= 0.6 is 11.6 Å². The minimum absolute atomic E-state index is 0.171. The molecule has 0 bridgehead atoms. The Bertz CT molecular complexity index is 677. The van der Waals surface area contributed by atoms with E-state index in [0.29, 0.717) is 36.0 Å². The van der Waals surface area contributed by atoms with Crippen molar-refractivity contribution in [3.8, 4) is 11.5 Å². The summed E-state index contributed by atoms with van der Waals surface area (Å²) in [6.07, 6.45) is 0.660. The van der Waals surface area contributed by atoms with Crippen LogP contribution in [0.3, 0.4) is 0 Å². The Balaban J connectivity index is 1.68. The highest BCUT2D eigenvalue weighted by Crippen LogP contribution is 2.23. The highest BCUT2D eigenvalue weighted by molar-refractivity contribution is 6.32. The highest BCUT2D eigenvalue weighted by atomic mass is 35.5. The van der Waals surface area contributed by atoms with Crippen LogP contribution in [0.1, 0.15) is 12.0 Å². The minimum atomic E-state index is -0.295. The number of ether oxygens (including phenoxy) is 1. The van der Waals surface area contributed by atoms with Crippen molar-refractivity contribution in [3.63, 3.8) is 0 Å². The summed E-state index contributed by atoms with van der Waals surface area (Å²) >= 11 is 5.98. The van der Waals surface area contributed by atoms with E-state index in [9.17, 15) is 9.90 Å². The molecule has 0 radical (unpaired) electrons. The first kappa shape index (κ1) is 17.0. The Labute approximate surface area is 140 Å². The molecule has 2 aromatic rings. The smallest absolute Gasteiger partial charge is 0.319 e. The predicted molar refractivity (Wildman–Crippen MR) is 91.4 cm³/mol. The largest absolute Gasteiger partial charge is 0.508 e. The Morgan fingerprint density at radius 2 is 2.04 bits per heavy atom. The normalized spacial score (nSPS) is 10.2. The fourth-order valence-corrected chi connectivity index (χ4v) is 2.16. The van der Waals surface area contributed by atoms with Crippen LogP contribution in [0.5, 0.6) is 11.5 Å². The Morgan fingerprint density at radius 3 is 2.78 bits per heavy atom. The molecule has 0 aromatic heterocycles. The van der Waals surface area contributed by atoms with Crippen LogP contribution in [-0.2, 0) is 0 Å². The van der Waals surface area contributed by atoms with Crippen molar-refractivity contribution in [3.05, 3.63) is 53.1 Å². The van der Waals surface area contributed by atoms with Crippen molar-refractivity contribution in [2.75, 3.05) is 18.5 Å². The average molecular weight is 335 g/mol. The fraction of sp³-hybridized carbons (Fsp3) is 0.235. The number of phenols is 1. The third-order valence-corrected chi connectivity index (χ3v) is 3.47. The van der Waals surface area contributed by atoms with Crippen molar-refractivity contribution in [2.45, 2.75) is 13.3 Å². The zero-order valence-corrected chi connectivity index (χ0v) is 13.6. The van der Waals surface area contributed by atoms with Gasteiger partial charge in [-0.2, -0.15) is 0 Å². The summed E-state index contributed by atoms with van der Waals surface area (Å²) in [5, 5.41) is 15.4. The summed E-state index contributed by atoms with van der Waals surface area (Å²) in [5.41, 5.74) is 1.45. The van der Waals surface area contributed by atoms with Crippen molar-refractivity contribution in [1.82, 2.24) is 5.32 Å². The molecule has 0 unspecified atom stereocenters. The molecule has 6 heteroatoms. The first-order valence-electron chi connectivity index (χ1n) is 7.28. The number of halogens is 1. The molecule has 122 valence electrons. The van der Waals surface area contributed by atoms with Crippen LogP contribution in [0.2, 0.25) is 5.02 Å². The SMILES string of the molecule is Cc1cc(O)ccc1NC(=O)NCCCOc1ccccc1Cl. The molecule has 3 N–H and O–H groups in total. The van der Waals surface area contributed by atoms with Gasteiger partial charge >= 0.3 is 6.03 Å². The summed E-state index contributed by atoms with van der Waals surface area (Å²) in [6.45, 7) is 2.75. The molecule has 0 atom stereocenters. The summed E-state index contributed by atoms with van der Waals surface area (Å²) in [6, 6.07) is 11.7. The van der Waals surface area contributed by atoms with Gasteiger partial charge in [-0.25, -0.2) is 4.79 Å². The van der Waals surface area contributed by atoms with E-state index in [-0.39, 0.29) is 11.8 Å². The maximum atomic E-state index is 11.8. The first-order chi connectivity index (χ1) is 11.1. The van der Waals surface area contributed by atoms with Crippen LogP contribution in [0, 0.1) is 6.92 Å². The molecule has 0 spiro atoms. The van der Waals surface area contributed by atoms with Gasteiger partial charge in [-0.1, -0.05) is 23.7 Å². The number of carbonyl (C=O) groups excluding carboxylic acids is 1. The van der Waals surface area contributed by atoms with E-state index in [1.54, 1.807) is 24.3 Å². The molecule has 5 nitrogen and oxygen atoms in total. The highest BCUT2D eigenvalue weighted by Gasteiger charge is 2.05. The lowest BCUT2D eigenvalue weighted by atomic mass is 10.2. The summed E-state index contributed by atoms with van der Waals surface area (Å²) in [7, 11) is 0. The third-order valence-electron chi connectivity index (χ3n) is 3.16. The Kier molecular flexibility index (Phi) is 6.11. The van der Waals surface area contributed by atoms with Crippen molar-refractivity contribution in [2.24, 2.45) is 0 Å². The topological polar surface area (TPSA) is 70.6 Å². The second-order valence-corrected chi connectivity index (χ2v) is 5.42. The van der Waals surface area contributed by atoms with Gasteiger partial charge in [0.1, 0.15) is 11.5 Å². The number of carbonyl (C=O) groups is 1.